The zero-order valence-electron chi connectivity index (χ0n) is 15.9. The van der Waals surface area contributed by atoms with Crippen LogP contribution in [-0.4, -0.2) is 42.1 Å². The summed E-state index contributed by atoms with van der Waals surface area (Å²) in [6.07, 6.45) is 6.76. The highest BCUT2D eigenvalue weighted by Crippen LogP contribution is 2.25. The lowest BCUT2D eigenvalue weighted by Crippen LogP contribution is -2.35. The quantitative estimate of drug-likeness (QED) is 0.719. The third kappa shape index (κ3) is 6.36. The minimum absolute atomic E-state index is 0.00703. The van der Waals surface area contributed by atoms with E-state index < -0.39 is 5.92 Å². The lowest BCUT2D eigenvalue weighted by atomic mass is 9.88. The summed E-state index contributed by atoms with van der Waals surface area (Å²) >= 11 is 0. The third-order valence-electron chi connectivity index (χ3n) is 5.14. The van der Waals surface area contributed by atoms with Crippen LogP contribution in [0.15, 0.2) is 24.3 Å². The van der Waals surface area contributed by atoms with Gasteiger partial charge >= 0.3 is 5.97 Å². The first-order valence-corrected chi connectivity index (χ1v) is 9.68. The Morgan fingerprint density at radius 2 is 1.85 bits per heavy atom. The maximum Gasteiger partial charge on any atom is 0.309 e. The molecule has 0 spiro atoms. The smallest absolute Gasteiger partial charge is 0.309 e. The minimum Gasteiger partial charge on any atom is -0.508 e. The molecule has 1 aromatic rings. The Kier molecular flexibility index (Phi) is 7.95. The van der Waals surface area contributed by atoms with Crippen molar-refractivity contribution < 1.29 is 19.4 Å². The van der Waals surface area contributed by atoms with Crippen molar-refractivity contribution in [2.75, 3.05) is 20.2 Å². The Bertz CT molecular complexity index is 578. The Labute approximate surface area is 156 Å². The number of rotatable bonds is 8. The second-order valence-electron chi connectivity index (χ2n) is 7.30. The number of carbonyl (C=O) groups excluding carboxylic acids is 2. The molecule has 1 atom stereocenters. The number of phenolic OH excluding ortho intramolecular Hbond substituents is 1. The molecule has 5 heteroatoms. The lowest BCUT2D eigenvalue weighted by molar-refractivity contribution is -0.151. The first-order chi connectivity index (χ1) is 12.5. The predicted molar refractivity (Wildman–Crippen MR) is 101 cm³/mol. The molecule has 1 aromatic carbocycles. The highest BCUT2D eigenvalue weighted by Gasteiger charge is 2.26. The molecule has 5 nitrogen and oxygen atoms in total. The molecule has 2 rings (SSSR count). The summed E-state index contributed by atoms with van der Waals surface area (Å²) in [5.74, 6) is -0.0752. The molecule has 0 aliphatic heterocycles. The summed E-state index contributed by atoms with van der Waals surface area (Å²) in [5.41, 5.74) is 0.906. The number of carbonyl (C=O) groups is 2. The molecule has 1 unspecified atom stereocenters. The van der Waals surface area contributed by atoms with Gasteiger partial charge in [-0.2, -0.15) is 0 Å². The molecular formula is C21H31NO4. The number of esters is 1. The highest BCUT2D eigenvalue weighted by atomic mass is 16.5. The number of ether oxygens (including phenoxy) is 1. The van der Waals surface area contributed by atoms with E-state index >= 15 is 0 Å². The Balaban J connectivity index is 1.96. The normalized spacial score (nSPS) is 16.1. The van der Waals surface area contributed by atoms with Crippen molar-refractivity contribution in [2.45, 2.75) is 51.9 Å². The van der Waals surface area contributed by atoms with E-state index in [2.05, 4.69) is 0 Å². The maximum atomic E-state index is 12.7. The van der Waals surface area contributed by atoms with Gasteiger partial charge in [-0.1, -0.05) is 31.4 Å². The molecular weight excluding hydrogens is 330 g/mol. The van der Waals surface area contributed by atoms with E-state index in [1.807, 2.05) is 7.05 Å². The van der Waals surface area contributed by atoms with Gasteiger partial charge in [-0.25, -0.2) is 0 Å². The van der Waals surface area contributed by atoms with Crippen molar-refractivity contribution in [1.82, 2.24) is 4.90 Å². The van der Waals surface area contributed by atoms with Crippen LogP contribution in [0.3, 0.4) is 0 Å². The molecule has 0 saturated heterocycles. The van der Waals surface area contributed by atoms with E-state index in [0.717, 1.165) is 12.1 Å². The van der Waals surface area contributed by atoms with Gasteiger partial charge in [-0.3, -0.25) is 9.59 Å². The van der Waals surface area contributed by atoms with Crippen LogP contribution in [0.25, 0.3) is 0 Å². The van der Waals surface area contributed by atoms with E-state index in [0.29, 0.717) is 18.9 Å². The number of phenols is 1. The topological polar surface area (TPSA) is 66.8 Å². The number of benzene rings is 1. The van der Waals surface area contributed by atoms with Crippen molar-refractivity contribution in [3.05, 3.63) is 29.8 Å². The number of nitrogens with zero attached hydrogens (tertiary/aromatic N) is 1. The largest absolute Gasteiger partial charge is 0.508 e. The van der Waals surface area contributed by atoms with Gasteiger partial charge in [-0.15, -0.1) is 0 Å². The van der Waals surface area contributed by atoms with Gasteiger partial charge in [-0.05, 0) is 49.8 Å². The Hall–Kier alpha value is -2.04. The lowest BCUT2D eigenvalue weighted by Gasteiger charge is -2.28. The molecule has 1 fully saturated rings. The number of aromatic hydroxyl groups is 1. The fraction of sp³-hybridized carbons (Fsp3) is 0.619. The highest BCUT2D eigenvalue weighted by molar-refractivity contribution is 5.83. The van der Waals surface area contributed by atoms with E-state index in [4.69, 9.17) is 4.74 Å². The molecule has 1 N–H and O–H groups in total. The van der Waals surface area contributed by atoms with Gasteiger partial charge in [0.15, 0.2) is 0 Å². The van der Waals surface area contributed by atoms with E-state index in [-0.39, 0.29) is 24.0 Å². The molecule has 1 saturated carbocycles. The standard InChI is InChI=1S/C21H31NO4/c1-3-26-21(25)18(13-16-9-11-19(23)12-10-16)14-20(24)22(2)15-17-7-5-4-6-8-17/h9-12,17-18,23H,3-8,13-15H2,1-2H3. The fourth-order valence-corrected chi connectivity index (χ4v) is 3.64. The number of hydrogen-bond acceptors (Lipinski definition) is 4. The average Bonchev–Trinajstić information content (AvgIpc) is 2.64. The Morgan fingerprint density at radius 1 is 1.19 bits per heavy atom. The van der Waals surface area contributed by atoms with E-state index in [9.17, 15) is 14.7 Å². The Morgan fingerprint density at radius 3 is 2.46 bits per heavy atom. The molecule has 1 aliphatic rings. The van der Waals surface area contributed by atoms with Crippen molar-refractivity contribution in [1.29, 1.82) is 0 Å². The van der Waals surface area contributed by atoms with Crippen LogP contribution < -0.4 is 0 Å². The minimum atomic E-state index is -0.499. The number of hydrogen-bond donors (Lipinski definition) is 1. The first kappa shape index (κ1) is 20.3. The van der Waals surface area contributed by atoms with E-state index in [1.165, 1.54) is 32.1 Å². The van der Waals surface area contributed by atoms with Crippen LogP contribution >= 0.6 is 0 Å². The van der Waals surface area contributed by atoms with Crippen LogP contribution in [0, 0.1) is 11.8 Å². The summed E-state index contributed by atoms with van der Waals surface area (Å²) < 4.78 is 5.17. The van der Waals surface area contributed by atoms with Gasteiger partial charge < -0.3 is 14.7 Å². The number of amides is 1. The van der Waals surface area contributed by atoms with Crippen LogP contribution in [0.5, 0.6) is 5.75 Å². The van der Waals surface area contributed by atoms with Crippen molar-refractivity contribution in [2.24, 2.45) is 11.8 Å². The van der Waals surface area contributed by atoms with Crippen LogP contribution in [-0.2, 0) is 20.7 Å². The predicted octanol–water partition coefficient (Wildman–Crippen LogP) is 3.54. The third-order valence-corrected chi connectivity index (χ3v) is 5.14. The molecule has 0 bridgehead atoms. The van der Waals surface area contributed by atoms with Crippen LogP contribution in [0.4, 0.5) is 0 Å². The maximum absolute atomic E-state index is 12.7. The zero-order valence-corrected chi connectivity index (χ0v) is 15.9. The molecule has 144 valence electrons. The molecule has 1 aliphatic carbocycles. The SMILES string of the molecule is CCOC(=O)C(CC(=O)N(C)CC1CCCCC1)Cc1ccc(O)cc1. The summed E-state index contributed by atoms with van der Waals surface area (Å²) in [6, 6.07) is 6.73. The van der Waals surface area contributed by atoms with Gasteiger partial charge in [0, 0.05) is 20.0 Å². The average molecular weight is 361 g/mol. The van der Waals surface area contributed by atoms with E-state index in [1.54, 1.807) is 36.1 Å². The summed E-state index contributed by atoms with van der Waals surface area (Å²) in [4.78, 5) is 26.8. The summed E-state index contributed by atoms with van der Waals surface area (Å²) in [5, 5.41) is 9.41. The molecule has 1 amide bonds. The summed E-state index contributed by atoms with van der Waals surface area (Å²) in [6.45, 7) is 2.84. The molecule has 0 radical (unpaired) electrons. The molecule has 0 aromatic heterocycles. The van der Waals surface area contributed by atoms with Crippen molar-refractivity contribution in [3.8, 4) is 5.75 Å². The van der Waals surface area contributed by atoms with Gasteiger partial charge in [0.2, 0.25) is 5.91 Å². The second-order valence-corrected chi connectivity index (χ2v) is 7.30. The molecule has 26 heavy (non-hydrogen) atoms. The van der Waals surface area contributed by atoms with Gasteiger partial charge in [0.05, 0.1) is 12.5 Å². The second kappa shape index (κ2) is 10.2. The zero-order chi connectivity index (χ0) is 18.9. The fourth-order valence-electron chi connectivity index (χ4n) is 3.64. The van der Waals surface area contributed by atoms with Gasteiger partial charge in [0.1, 0.15) is 5.75 Å². The van der Waals surface area contributed by atoms with Gasteiger partial charge in [0.25, 0.3) is 0 Å². The first-order valence-electron chi connectivity index (χ1n) is 9.68. The summed E-state index contributed by atoms with van der Waals surface area (Å²) in [7, 11) is 1.83. The van der Waals surface area contributed by atoms with Crippen molar-refractivity contribution >= 4 is 11.9 Å². The van der Waals surface area contributed by atoms with Crippen LogP contribution in [0.2, 0.25) is 0 Å². The monoisotopic (exact) mass is 361 g/mol. The van der Waals surface area contributed by atoms with Crippen LogP contribution in [0.1, 0.15) is 51.0 Å². The molecule has 0 heterocycles. The van der Waals surface area contributed by atoms with Crippen molar-refractivity contribution in [3.63, 3.8) is 0 Å².